The number of hydrogen-bond donors (Lipinski definition) is 1. The Morgan fingerprint density at radius 2 is 2.08 bits per heavy atom. The van der Waals surface area contributed by atoms with E-state index in [0.29, 0.717) is 14.4 Å². The maximum atomic E-state index is 12.5. The van der Waals surface area contributed by atoms with Gasteiger partial charge < -0.3 is 0 Å². The maximum absolute atomic E-state index is 12.5. The van der Waals surface area contributed by atoms with Crippen LogP contribution in [0.5, 0.6) is 0 Å². The molecule has 0 atom stereocenters. The SMILES string of the molecule is CCc1nnc(NC(=O)CN2C(=O)C(=Cc3ccccc3)SC2=S)s1. The first-order valence-corrected chi connectivity index (χ1v) is 9.53. The van der Waals surface area contributed by atoms with Crippen LogP contribution in [0.4, 0.5) is 5.13 Å². The fourth-order valence-corrected chi connectivity index (χ4v) is 4.04. The molecule has 1 N–H and O–H groups in total. The van der Waals surface area contributed by atoms with Crippen molar-refractivity contribution >= 4 is 62.7 Å². The van der Waals surface area contributed by atoms with Gasteiger partial charge in [0.1, 0.15) is 15.9 Å². The maximum Gasteiger partial charge on any atom is 0.266 e. The zero-order valence-corrected chi connectivity index (χ0v) is 15.7. The average Bonchev–Trinajstić information content (AvgIpc) is 3.16. The molecule has 1 aliphatic heterocycles. The highest BCUT2D eigenvalue weighted by Gasteiger charge is 2.33. The van der Waals surface area contributed by atoms with Crippen LogP contribution in [0.1, 0.15) is 17.5 Å². The second-order valence-electron chi connectivity index (χ2n) is 5.08. The Morgan fingerprint density at radius 3 is 2.76 bits per heavy atom. The number of rotatable bonds is 5. The second-order valence-corrected chi connectivity index (χ2v) is 7.82. The summed E-state index contributed by atoms with van der Waals surface area (Å²) in [5.41, 5.74) is 0.911. The van der Waals surface area contributed by atoms with Gasteiger partial charge in [0, 0.05) is 0 Å². The third-order valence-electron chi connectivity index (χ3n) is 3.29. The molecule has 1 aliphatic rings. The van der Waals surface area contributed by atoms with E-state index in [-0.39, 0.29) is 18.4 Å². The van der Waals surface area contributed by atoms with Crippen molar-refractivity contribution in [3.05, 3.63) is 45.8 Å². The predicted molar refractivity (Wildman–Crippen MR) is 104 cm³/mol. The predicted octanol–water partition coefficient (Wildman–Crippen LogP) is 2.94. The second kappa shape index (κ2) is 7.85. The molecule has 25 heavy (non-hydrogen) atoms. The molecule has 1 aromatic carbocycles. The van der Waals surface area contributed by atoms with E-state index >= 15 is 0 Å². The van der Waals surface area contributed by atoms with Crippen molar-refractivity contribution in [2.24, 2.45) is 0 Å². The highest BCUT2D eigenvalue weighted by Crippen LogP contribution is 2.32. The molecule has 0 spiro atoms. The van der Waals surface area contributed by atoms with Gasteiger partial charge in [0.25, 0.3) is 5.91 Å². The van der Waals surface area contributed by atoms with E-state index in [0.717, 1.165) is 17.0 Å². The van der Waals surface area contributed by atoms with Gasteiger partial charge in [-0.15, -0.1) is 10.2 Å². The number of thiocarbonyl (C=S) groups is 1. The van der Waals surface area contributed by atoms with Gasteiger partial charge >= 0.3 is 0 Å². The van der Waals surface area contributed by atoms with Crippen molar-refractivity contribution in [2.45, 2.75) is 13.3 Å². The lowest BCUT2D eigenvalue weighted by molar-refractivity contribution is -0.126. The van der Waals surface area contributed by atoms with Crippen LogP contribution in [-0.2, 0) is 16.0 Å². The lowest BCUT2D eigenvalue weighted by Crippen LogP contribution is -2.36. The summed E-state index contributed by atoms with van der Waals surface area (Å²) in [7, 11) is 0. The molecular weight excluding hydrogens is 376 g/mol. The van der Waals surface area contributed by atoms with Crippen LogP contribution in [0.25, 0.3) is 6.08 Å². The fraction of sp³-hybridized carbons (Fsp3) is 0.188. The number of nitrogens with one attached hydrogen (secondary N) is 1. The highest BCUT2D eigenvalue weighted by molar-refractivity contribution is 8.26. The van der Waals surface area contributed by atoms with Crippen LogP contribution >= 0.6 is 35.3 Å². The van der Waals surface area contributed by atoms with Crippen molar-refractivity contribution in [3.63, 3.8) is 0 Å². The summed E-state index contributed by atoms with van der Waals surface area (Å²) in [5.74, 6) is -0.614. The molecular formula is C16H14N4O2S3. The molecule has 128 valence electrons. The van der Waals surface area contributed by atoms with Gasteiger partial charge in [-0.2, -0.15) is 0 Å². The first-order valence-electron chi connectivity index (χ1n) is 7.49. The Labute approximate surface area is 158 Å². The lowest BCUT2D eigenvalue weighted by Gasteiger charge is -2.13. The smallest absolute Gasteiger partial charge is 0.266 e. The number of anilines is 1. The monoisotopic (exact) mass is 390 g/mol. The van der Waals surface area contributed by atoms with Gasteiger partial charge in [-0.3, -0.25) is 19.8 Å². The summed E-state index contributed by atoms with van der Waals surface area (Å²) in [6.07, 6.45) is 2.53. The Kier molecular flexibility index (Phi) is 5.57. The minimum atomic E-state index is -0.351. The molecule has 0 saturated carbocycles. The number of carbonyl (C=O) groups excluding carboxylic acids is 2. The van der Waals surface area contributed by atoms with Crippen LogP contribution in [0, 0.1) is 0 Å². The molecule has 1 fully saturated rings. The molecule has 2 heterocycles. The molecule has 2 aromatic rings. The minimum absolute atomic E-state index is 0.141. The fourth-order valence-electron chi connectivity index (χ4n) is 2.09. The van der Waals surface area contributed by atoms with Crippen molar-refractivity contribution in [1.82, 2.24) is 15.1 Å². The van der Waals surface area contributed by atoms with Gasteiger partial charge in [-0.25, -0.2) is 0 Å². The van der Waals surface area contributed by atoms with Gasteiger partial charge in [0.05, 0.1) is 4.91 Å². The van der Waals surface area contributed by atoms with Crippen LogP contribution in [0.15, 0.2) is 35.2 Å². The number of carbonyl (C=O) groups is 2. The van der Waals surface area contributed by atoms with Crippen LogP contribution < -0.4 is 5.32 Å². The Morgan fingerprint density at radius 1 is 1.32 bits per heavy atom. The van der Waals surface area contributed by atoms with Crippen LogP contribution in [0.2, 0.25) is 0 Å². The van der Waals surface area contributed by atoms with Gasteiger partial charge in [0.15, 0.2) is 0 Å². The topological polar surface area (TPSA) is 75.2 Å². The minimum Gasteiger partial charge on any atom is -0.299 e. The molecule has 0 aliphatic carbocycles. The number of thioether (sulfide) groups is 1. The summed E-state index contributed by atoms with van der Waals surface area (Å²) < 4.78 is 0.369. The molecule has 0 radical (unpaired) electrons. The number of benzene rings is 1. The van der Waals surface area contributed by atoms with E-state index in [1.807, 2.05) is 37.3 Å². The first-order chi connectivity index (χ1) is 12.1. The summed E-state index contributed by atoms with van der Waals surface area (Å²) in [4.78, 5) is 26.5. The quantitative estimate of drug-likeness (QED) is 0.625. The van der Waals surface area contributed by atoms with Crippen LogP contribution in [0.3, 0.4) is 0 Å². The molecule has 2 amide bonds. The van der Waals surface area contributed by atoms with E-state index in [1.165, 1.54) is 28.0 Å². The number of nitrogens with zero attached hydrogens (tertiary/aromatic N) is 3. The van der Waals surface area contributed by atoms with E-state index in [1.54, 1.807) is 6.08 Å². The van der Waals surface area contributed by atoms with E-state index in [4.69, 9.17) is 12.2 Å². The third kappa shape index (κ3) is 4.30. The molecule has 0 bridgehead atoms. The zero-order valence-electron chi connectivity index (χ0n) is 13.3. The largest absolute Gasteiger partial charge is 0.299 e. The van der Waals surface area contributed by atoms with E-state index in [9.17, 15) is 9.59 Å². The summed E-state index contributed by atoms with van der Waals surface area (Å²) in [5, 5.41) is 11.8. The number of amides is 2. The molecule has 1 saturated heterocycles. The average molecular weight is 391 g/mol. The van der Waals surface area contributed by atoms with Gasteiger partial charge in [-0.1, -0.05) is 72.6 Å². The standard InChI is InChI=1S/C16H14N4O2S3/c1-2-13-18-19-15(25-13)17-12(21)9-20-14(22)11(24-16(20)23)8-10-6-4-3-5-7-10/h3-8H,2,9H2,1H3,(H,17,19,21). The van der Waals surface area contributed by atoms with Crippen molar-refractivity contribution in [1.29, 1.82) is 0 Å². The molecule has 3 rings (SSSR count). The van der Waals surface area contributed by atoms with Crippen molar-refractivity contribution < 1.29 is 9.59 Å². The molecule has 0 unspecified atom stereocenters. The van der Waals surface area contributed by atoms with E-state index in [2.05, 4.69) is 15.5 Å². The number of hydrogen-bond acceptors (Lipinski definition) is 7. The Balaban J connectivity index is 1.66. The Bertz CT molecular complexity index is 848. The van der Waals surface area contributed by atoms with Crippen molar-refractivity contribution in [2.75, 3.05) is 11.9 Å². The summed E-state index contributed by atoms with van der Waals surface area (Å²) in [6, 6.07) is 9.50. The molecule has 9 heteroatoms. The molecule has 6 nitrogen and oxygen atoms in total. The summed E-state index contributed by atoms with van der Waals surface area (Å²) in [6.45, 7) is 1.82. The van der Waals surface area contributed by atoms with Crippen molar-refractivity contribution in [3.8, 4) is 0 Å². The highest BCUT2D eigenvalue weighted by atomic mass is 32.2. The number of aryl methyl sites for hydroxylation is 1. The summed E-state index contributed by atoms with van der Waals surface area (Å²) >= 11 is 7.75. The Hall–Kier alpha value is -2.10. The van der Waals surface area contributed by atoms with Gasteiger partial charge in [-0.05, 0) is 18.1 Å². The number of aromatic nitrogens is 2. The van der Waals surface area contributed by atoms with Crippen LogP contribution in [-0.4, -0.2) is 37.8 Å². The van der Waals surface area contributed by atoms with E-state index < -0.39 is 0 Å². The zero-order chi connectivity index (χ0) is 17.8. The first kappa shape index (κ1) is 17.7. The lowest BCUT2D eigenvalue weighted by atomic mass is 10.2. The normalized spacial score (nSPS) is 15.9. The third-order valence-corrected chi connectivity index (χ3v) is 5.65. The van der Waals surface area contributed by atoms with Gasteiger partial charge in [0.2, 0.25) is 11.0 Å². The molecule has 1 aromatic heterocycles.